The van der Waals surface area contributed by atoms with Gasteiger partial charge in [0.2, 0.25) is 10.0 Å². The van der Waals surface area contributed by atoms with Crippen LogP contribution in [0.1, 0.15) is 19.3 Å². The molecule has 4 nitrogen and oxygen atoms in total. The zero-order valence-electron chi connectivity index (χ0n) is 7.99. The van der Waals surface area contributed by atoms with Gasteiger partial charge in [0.1, 0.15) is 6.29 Å². The minimum atomic E-state index is -3.09. The van der Waals surface area contributed by atoms with Crippen LogP contribution in [-0.4, -0.2) is 38.9 Å². The van der Waals surface area contributed by atoms with E-state index < -0.39 is 10.0 Å². The molecule has 1 aliphatic rings. The van der Waals surface area contributed by atoms with Gasteiger partial charge in [-0.3, -0.25) is 0 Å². The van der Waals surface area contributed by atoms with Crippen LogP contribution in [0.3, 0.4) is 0 Å². The summed E-state index contributed by atoms with van der Waals surface area (Å²) in [5.74, 6) is 0. The van der Waals surface area contributed by atoms with Crippen molar-refractivity contribution < 1.29 is 13.2 Å². The Morgan fingerprint density at radius 1 is 1.46 bits per heavy atom. The molecule has 0 unspecified atom stereocenters. The van der Waals surface area contributed by atoms with Crippen LogP contribution in [-0.2, 0) is 14.8 Å². The predicted octanol–water partition coefficient (Wildman–Crippen LogP) is 0.247. The Balaban J connectivity index is 2.39. The number of sulfonamides is 1. The van der Waals surface area contributed by atoms with Crippen molar-refractivity contribution >= 4 is 16.3 Å². The van der Waals surface area contributed by atoms with E-state index in [1.54, 1.807) is 0 Å². The van der Waals surface area contributed by atoms with Crippen LogP contribution in [0, 0.1) is 5.41 Å². The maximum Gasteiger partial charge on any atom is 0.210 e. The van der Waals surface area contributed by atoms with Crippen LogP contribution in [0.4, 0.5) is 0 Å². The van der Waals surface area contributed by atoms with Gasteiger partial charge >= 0.3 is 0 Å². The molecule has 76 valence electrons. The largest absolute Gasteiger partial charge is 0.303 e. The second kappa shape index (κ2) is 3.38. The first-order valence-corrected chi connectivity index (χ1v) is 6.12. The molecule has 0 aromatic carbocycles. The number of aldehydes is 1. The minimum absolute atomic E-state index is 0.195. The number of hydrogen-bond donors (Lipinski definition) is 0. The highest BCUT2D eigenvalue weighted by Crippen LogP contribution is 2.46. The molecule has 0 N–H and O–H groups in total. The quantitative estimate of drug-likeness (QED) is 0.604. The summed E-state index contributed by atoms with van der Waals surface area (Å²) in [6, 6.07) is 0. The first-order valence-electron chi connectivity index (χ1n) is 4.27. The Bertz CT molecular complexity index is 293. The molecule has 0 spiro atoms. The van der Waals surface area contributed by atoms with Gasteiger partial charge in [0.25, 0.3) is 0 Å². The fourth-order valence-electron chi connectivity index (χ4n) is 1.13. The average Bonchev–Trinajstić information content (AvgIpc) is 2.79. The van der Waals surface area contributed by atoms with Gasteiger partial charge < -0.3 is 4.79 Å². The van der Waals surface area contributed by atoms with E-state index in [1.165, 1.54) is 17.6 Å². The normalized spacial score (nSPS) is 20.2. The molecule has 0 amide bonds. The third-order valence-corrected chi connectivity index (χ3v) is 3.95. The highest BCUT2D eigenvalue weighted by Gasteiger charge is 2.42. The molecule has 0 aromatic heterocycles. The molecule has 0 radical (unpaired) electrons. The summed E-state index contributed by atoms with van der Waals surface area (Å²) in [7, 11) is -1.55. The van der Waals surface area contributed by atoms with Crippen LogP contribution in [0.15, 0.2) is 0 Å². The minimum Gasteiger partial charge on any atom is -0.303 e. The van der Waals surface area contributed by atoms with Crippen molar-refractivity contribution in [3.63, 3.8) is 0 Å². The molecule has 13 heavy (non-hydrogen) atoms. The topological polar surface area (TPSA) is 54.5 Å². The molecule has 5 heteroatoms. The van der Waals surface area contributed by atoms with Gasteiger partial charge in [-0.15, -0.1) is 0 Å². The molecule has 1 fully saturated rings. The number of carbonyl (C=O) groups excluding carboxylic acids is 1. The van der Waals surface area contributed by atoms with E-state index in [4.69, 9.17) is 0 Å². The summed E-state index contributed by atoms with van der Waals surface area (Å²) in [5, 5.41) is 0. The van der Waals surface area contributed by atoms with E-state index in [0.717, 1.165) is 19.1 Å². The zero-order chi connectivity index (χ0) is 10.1. The molecule has 0 saturated heterocycles. The summed E-state index contributed by atoms with van der Waals surface area (Å²) in [6.45, 7) is 0.442. The SMILES string of the molecule is CN(CCC1(C=O)CC1)S(C)(=O)=O. The summed E-state index contributed by atoms with van der Waals surface area (Å²) >= 11 is 0. The Morgan fingerprint density at radius 3 is 2.31 bits per heavy atom. The monoisotopic (exact) mass is 205 g/mol. The molecule has 0 aromatic rings. The first kappa shape index (κ1) is 10.7. The second-order valence-corrected chi connectivity index (χ2v) is 5.90. The van der Waals surface area contributed by atoms with Crippen molar-refractivity contribution in [2.75, 3.05) is 19.8 Å². The van der Waals surface area contributed by atoms with Crippen LogP contribution >= 0.6 is 0 Å². The van der Waals surface area contributed by atoms with Gasteiger partial charge in [-0.05, 0) is 19.3 Å². The molecular formula is C8H15NO3S. The summed E-state index contributed by atoms with van der Waals surface area (Å²) < 4.78 is 23.3. The maximum absolute atomic E-state index is 11.0. The van der Waals surface area contributed by atoms with Crippen molar-refractivity contribution in [1.82, 2.24) is 4.31 Å². The van der Waals surface area contributed by atoms with Crippen LogP contribution in [0.2, 0.25) is 0 Å². The summed E-state index contributed by atoms with van der Waals surface area (Å²) in [6.07, 6.45) is 4.61. The van der Waals surface area contributed by atoms with Gasteiger partial charge in [0.15, 0.2) is 0 Å². The maximum atomic E-state index is 11.0. The Kier molecular flexibility index (Phi) is 2.77. The van der Waals surface area contributed by atoms with E-state index in [1.807, 2.05) is 0 Å². The fraction of sp³-hybridized carbons (Fsp3) is 0.875. The molecule has 0 atom stereocenters. The predicted molar refractivity (Wildman–Crippen MR) is 49.8 cm³/mol. The highest BCUT2D eigenvalue weighted by molar-refractivity contribution is 7.88. The van der Waals surface area contributed by atoms with Gasteiger partial charge in [-0.25, -0.2) is 12.7 Å². The number of hydrogen-bond acceptors (Lipinski definition) is 3. The smallest absolute Gasteiger partial charge is 0.210 e. The lowest BCUT2D eigenvalue weighted by molar-refractivity contribution is -0.112. The molecular weight excluding hydrogens is 190 g/mol. The molecule has 0 bridgehead atoms. The molecule has 0 heterocycles. The van der Waals surface area contributed by atoms with Crippen molar-refractivity contribution in [3.8, 4) is 0 Å². The highest BCUT2D eigenvalue weighted by atomic mass is 32.2. The van der Waals surface area contributed by atoms with E-state index in [2.05, 4.69) is 0 Å². The third kappa shape index (κ3) is 2.77. The Labute approximate surface area is 79.0 Å². The van der Waals surface area contributed by atoms with Gasteiger partial charge in [-0.2, -0.15) is 0 Å². The van der Waals surface area contributed by atoms with E-state index in [-0.39, 0.29) is 5.41 Å². The first-order chi connectivity index (χ1) is 5.90. The Morgan fingerprint density at radius 2 is 2.00 bits per heavy atom. The standard InChI is InChI=1S/C8H15NO3S/c1-9(13(2,11)12)6-5-8(7-10)3-4-8/h7H,3-6H2,1-2H3. The van der Waals surface area contributed by atoms with E-state index >= 15 is 0 Å². The van der Waals surface area contributed by atoms with Crippen molar-refractivity contribution in [2.45, 2.75) is 19.3 Å². The van der Waals surface area contributed by atoms with Gasteiger partial charge in [0.05, 0.1) is 6.26 Å². The fourth-order valence-corrected chi connectivity index (χ4v) is 1.56. The second-order valence-electron chi connectivity index (χ2n) is 3.81. The van der Waals surface area contributed by atoms with Crippen molar-refractivity contribution in [3.05, 3.63) is 0 Å². The Hall–Kier alpha value is -0.420. The van der Waals surface area contributed by atoms with Crippen LogP contribution in [0.5, 0.6) is 0 Å². The zero-order valence-corrected chi connectivity index (χ0v) is 8.80. The molecule has 1 rings (SSSR count). The molecule has 0 aliphatic heterocycles. The lowest BCUT2D eigenvalue weighted by Crippen LogP contribution is -2.28. The number of carbonyl (C=O) groups is 1. The van der Waals surface area contributed by atoms with E-state index in [9.17, 15) is 13.2 Å². The number of rotatable bonds is 5. The van der Waals surface area contributed by atoms with Gasteiger partial charge in [-0.1, -0.05) is 0 Å². The van der Waals surface area contributed by atoms with Gasteiger partial charge in [0, 0.05) is 19.0 Å². The third-order valence-electron chi connectivity index (χ3n) is 2.63. The summed E-state index contributed by atoms with van der Waals surface area (Å²) in [4.78, 5) is 10.6. The van der Waals surface area contributed by atoms with Crippen LogP contribution < -0.4 is 0 Å². The molecule has 1 saturated carbocycles. The van der Waals surface area contributed by atoms with Crippen molar-refractivity contribution in [2.24, 2.45) is 5.41 Å². The number of nitrogens with zero attached hydrogens (tertiary/aromatic N) is 1. The lowest BCUT2D eigenvalue weighted by atomic mass is 10.1. The lowest BCUT2D eigenvalue weighted by Gasteiger charge is -2.15. The van der Waals surface area contributed by atoms with Crippen molar-refractivity contribution in [1.29, 1.82) is 0 Å². The van der Waals surface area contributed by atoms with Crippen LogP contribution in [0.25, 0.3) is 0 Å². The molecule has 1 aliphatic carbocycles. The summed E-state index contributed by atoms with van der Waals surface area (Å²) in [5.41, 5.74) is -0.195. The average molecular weight is 205 g/mol. The van der Waals surface area contributed by atoms with E-state index in [0.29, 0.717) is 13.0 Å².